The molecule has 2 aromatic rings. The number of carbonyl (C=O) groups excluding carboxylic acids is 1. The molecule has 0 N–H and O–H groups in total. The van der Waals surface area contributed by atoms with Crippen LogP contribution in [0.3, 0.4) is 0 Å². The van der Waals surface area contributed by atoms with Crippen LogP contribution in [0.5, 0.6) is 5.75 Å². The Morgan fingerprint density at radius 1 is 1.25 bits per heavy atom. The maximum absolute atomic E-state index is 13.2. The summed E-state index contributed by atoms with van der Waals surface area (Å²) in [7, 11) is 0. The van der Waals surface area contributed by atoms with Crippen LogP contribution < -0.4 is 4.74 Å². The molecule has 7 heteroatoms. The number of thiazole rings is 1. The van der Waals surface area contributed by atoms with Gasteiger partial charge in [0.15, 0.2) is 0 Å². The third-order valence-electron chi connectivity index (χ3n) is 6.66. The van der Waals surface area contributed by atoms with Crippen molar-refractivity contribution in [1.29, 1.82) is 0 Å². The zero-order chi connectivity index (χ0) is 22.3. The zero-order valence-electron chi connectivity index (χ0n) is 19.3. The lowest BCUT2D eigenvalue weighted by Crippen LogP contribution is -2.44. The van der Waals surface area contributed by atoms with Gasteiger partial charge in [-0.2, -0.15) is 0 Å². The number of ether oxygens (including phenoxy) is 2. The second kappa shape index (κ2) is 11.3. The molecular formula is C25H35N3O3S. The van der Waals surface area contributed by atoms with E-state index in [1.807, 2.05) is 17.0 Å². The molecule has 1 aliphatic carbocycles. The van der Waals surface area contributed by atoms with Crippen molar-refractivity contribution in [2.24, 2.45) is 5.92 Å². The number of hydrogen-bond acceptors (Lipinski definition) is 6. The molecule has 1 aliphatic heterocycles. The predicted octanol–water partition coefficient (Wildman–Crippen LogP) is 4.19. The lowest BCUT2D eigenvalue weighted by molar-refractivity contribution is -0.136. The maximum Gasteiger partial charge on any atom is 0.226 e. The molecule has 2 aliphatic rings. The molecule has 174 valence electrons. The summed E-state index contributed by atoms with van der Waals surface area (Å²) in [5, 5.41) is 3.02. The molecule has 1 amide bonds. The van der Waals surface area contributed by atoms with E-state index in [0.29, 0.717) is 19.1 Å². The minimum absolute atomic E-state index is 0.186. The number of aryl methyl sites for hydroxylation is 1. The Labute approximate surface area is 195 Å². The van der Waals surface area contributed by atoms with Crippen molar-refractivity contribution in [3.63, 3.8) is 0 Å². The van der Waals surface area contributed by atoms with Crippen LogP contribution in [0.1, 0.15) is 47.5 Å². The van der Waals surface area contributed by atoms with Gasteiger partial charge in [0.2, 0.25) is 5.91 Å². The molecule has 0 bridgehead atoms. The molecule has 1 aromatic heterocycles. The van der Waals surface area contributed by atoms with Crippen LogP contribution in [-0.4, -0.2) is 60.1 Å². The first-order chi connectivity index (χ1) is 15.6. The third-order valence-corrected chi connectivity index (χ3v) is 7.54. The molecule has 4 rings (SSSR count). The number of carbonyl (C=O) groups is 1. The van der Waals surface area contributed by atoms with Crippen molar-refractivity contribution in [2.75, 3.05) is 39.4 Å². The van der Waals surface area contributed by atoms with Gasteiger partial charge >= 0.3 is 0 Å². The largest absolute Gasteiger partial charge is 0.486 e. The highest BCUT2D eigenvalue weighted by atomic mass is 32.1. The van der Waals surface area contributed by atoms with Crippen LogP contribution in [0.2, 0.25) is 0 Å². The van der Waals surface area contributed by atoms with Crippen LogP contribution >= 0.6 is 11.3 Å². The van der Waals surface area contributed by atoms with Gasteiger partial charge in [0, 0.05) is 37.5 Å². The highest BCUT2D eigenvalue weighted by molar-refractivity contribution is 7.09. The lowest BCUT2D eigenvalue weighted by Gasteiger charge is -2.31. The molecule has 32 heavy (non-hydrogen) atoms. The molecule has 0 atom stereocenters. The number of rotatable bonds is 9. The molecular weight excluding hydrogens is 422 g/mol. The number of aromatic nitrogens is 1. The molecule has 0 radical (unpaired) electrons. The highest BCUT2D eigenvalue weighted by Gasteiger charge is 2.28. The van der Waals surface area contributed by atoms with Gasteiger partial charge in [0.05, 0.1) is 25.5 Å². The molecule has 0 spiro atoms. The van der Waals surface area contributed by atoms with Crippen LogP contribution in [0.25, 0.3) is 0 Å². The SMILES string of the molecule is Cc1cccc(OCc2nc(CN(CCN3CCOCC3)C(=O)C3CCCC3)cs2)c1C. The Morgan fingerprint density at radius 2 is 2.03 bits per heavy atom. The summed E-state index contributed by atoms with van der Waals surface area (Å²) in [4.78, 5) is 22.5. The Balaban J connectivity index is 1.37. The van der Waals surface area contributed by atoms with E-state index in [-0.39, 0.29) is 5.92 Å². The van der Waals surface area contributed by atoms with Gasteiger partial charge in [-0.1, -0.05) is 25.0 Å². The average Bonchev–Trinajstić information content (AvgIpc) is 3.50. The van der Waals surface area contributed by atoms with E-state index in [1.54, 1.807) is 11.3 Å². The quantitative estimate of drug-likeness (QED) is 0.565. The van der Waals surface area contributed by atoms with E-state index in [4.69, 9.17) is 14.5 Å². The summed E-state index contributed by atoms with van der Waals surface area (Å²) in [5.74, 6) is 1.40. The van der Waals surface area contributed by atoms with Gasteiger partial charge < -0.3 is 14.4 Å². The first-order valence-electron chi connectivity index (χ1n) is 11.8. The first-order valence-corrected chi connectivity index (χ1v) is 12.7. The number of benzene rings is 1. The standard InChI is InChI=1S/C25H35N3O3S/c1-19-6-5-9-23(20(19)2)31-17-24-26-22(18-32-24)16-28(25(29)21-7-3-4-8-21)11-10-27-12-14-30-15-13-27/h5-6,9,18,21H,3-4,7-8,10-17H2,1-2H3. The number of hydrogen-bond donors (Lipinski definition) is 0. The van der Waals surface area contributed by atoms with E-state index < -0.39 is 0 Å². The van der Waals surface area contributed by atoms with E-state index in [2.05, 4.69) is 30.2 Å². The molecule has 0 unspecified atom stereocenters. The maximum atomic E-state index is 13.2. The van der Waals surface area contributed by atoms with E-state index in [9.17, 15) is 4.79 Å². The molecule has 2 heterocycles. The summed E-state index contributed by atoms with van der Waals surface area (Å²) < 4.78 is 11.5. The highest BCUT2D eigenvalue weighted by Crippen LogP contribution is 2.27. The summed E-state index contributed by atoms with van der Waals surface area (Å²) in [6, 6.07) is 6.12. The molecule has 1 aromatic carbocycles. The zero-order valence-corrected chi connectivity index (χ0v) is 20.2. The minimum atomic E-state index is 0.186. The van der Waals surface area contributed by atoms with Gasteiger partial charge in [-0.05, 0) is 43.9 Å². The molecule has 2 fully saturated rings. The first kappa shape index (κ1) is 23.2. The van der Waals surface area contributed by atoms with Crippen molar-refractivity contribution in [2.45, 2.75) is 52.7 Å². The third kappa shape index (κ3) is 6.09. The number of amides is 1. The second-order valence-electron chi connectivity index (χ2n) is 8.91. The fourth-order valence-electron chi connectivity index (χ4n) is 4.49. The number of nitrogens with zero attached hydrogens (tertiary/aromatic N) is 3. The molecule has 1 saturated heterocycles. The van der Waals surface area contributed by atoms with Gasteiger partial charge in [-0.25, -0.2) is 4.98 Å². The lowest BCUT2D eigenvalue weighted by atomic mass is 10.1. The Kier molecular flexibility index (Phi) is 8.16. The average molecular weight is 458 g/mol. The predicted molar refractivity (Wildman–Crippen MR) is 127 cm³/mol. The minimum Gasteiger partial charge on any atom is -0.486 e. The van der Waals surface area contributed by atoms with Gasteiger partial charge in [-0.15, -0.1) is 11.3 Å². The monoisotopic (exact) mass is 457 g/mol. The summed E-state index contributed by atoms with van der Waals surface area (Å²) in [5.41, 5.74) is 3.35. The van der Waals surface area contributed by atoms with E-state index in [1.165, 1.54) is 24.0 Å². The van der Waals surface area contributed by atoms with Crippen LogP contribution in [-0.2, 0) is 22.7 Å². The summed E-state index contributed by atoms with van der Waals surface area (Å²) >= 11 is 1.61. The smallest absolute Gasteiger partial charge is 0.226 e. The van der Waals surface area contributed by atoms with E-state index in [0.717, 1.165) is 68.7 Å². The number of morpholine rings is 1. The Hall–Kier alpha value is -1.96. The van der Waals surface area contributed by atoms with Crippen LogP contribution in [0, 0.1) is 19.8 Å². The fourth-order valence-corrected chi connectivity index (χ4v) is 5.18. The fraction of sp³-hybridized carbons (Fsp3) is 0.600. The topological polar surface area (TPSA) is 54.9 Å². The summed E-state index contributed by atoms with van der Waals surface area (Å²) in [6.07, 6.45) is 4.40. The van der Waals surface area contributed by atoms with Crippen molar-refractivity contribution in [3.8, 4) is 5.75 Å². The van der Waals surface area contributed by atoms with Gasteiger partial charge in [0.1, 0.15) is 17.4 Å². The normalized spacial score (nSPS) is 17.6. The Morgan fingerprint density at radius 3 is 2.81 bits per heavy atom. The van der Waals surface area contributed by atoms with Crippen molar-refractivity contribution in [3.05, 3.63) is 45.4 Å². The van der Waals surface area contributed by atoms with Crippen molar-refractivity contribution < 1.29 is 14.3 Å². The second-order valence-corrected chi connectivity index (χ2v) is 9.86. The van der Waals surface area contributed by atoms with E-state index >= 15 is 0 Å². The molecule has 1 saturated carbocycles. The van der Waals surface area contributed by atoms with Crippen LogP contribution in [0.4, 0.5) is 0 Å². The van der Waals surface area contributed by atoms with Crippen molar-refractivity contribution in [1.82, 2.24) is 14.8 Å². The van der Waals surface area contributed by atoms with Crippen LogP contribution in [0.15, 0.2) is 23.6 Å². The molecule has 6 nitrogen and oxygen atoms in total. The van der Waals surface area contributed by atoms with Gasteiger partial charge in [0.25, 0.3) is 0 Å². The van der Waals surface area contributed by atoms with Crippen molar-refractivity contribution >= 4 is 17.2 Å². The summed E-state index contributed by atoms with van der Waals surface area (Å²) in [6.45, 7) is 10.3. The Bertz CT molecular complexity index is 888. The van der Waals surface area contributed by atoms with Gasteiger partial charge in [-0.3, -0.25) is 9.69 Å².